The SMILES string of the molecule is O=C(NN1C(=O)OCC1C(F)(F)F)c1ccccc1. The minimum Gasteiger partial charge on any atom is -0.446 e. The highest BCUT2D eigenvalue weighted by Gasteiger charge is 2.51. The molecular weight excluding hydrogens is 265 g/mol. The third kappa shape index (κ3) is 2.78. The maximum absolute atomic E-state index is 12.6. The molecule has 1 atom stereocenters. The molecule has 1 fully saturated rings. The highest BCUT2D eigenvalue weighted by atomic mass is 19.4. The lowest BCUT2D eigenvalue weighted by Crippen LogP contribution is -2.53. The lowest BCUT2D eigenvalue weighted by Gasteiger charge is -2.23. The molecule has 0 aromatic heterocycles. The van der Waals surface area contributed by atoms with Gasteiger partial charge in [-0.15, -0.1) is 0 Å². The van der Waals surface area contributed by atoms with Crippen molar-refractivity contribution < 1.29 is 27.5 Å². The van der Waals surface area contributed by atoms with Crippen molar-refractivity contribution in [3.05, 3.63) is 35.9 Å². The zero-order chi connectivity index (χ0) is 14.0. The van der Waals surface area contributed by atoms with Crippen LogP contribution in [0.4, 0.5) is 18.0 Å². The van der Waals surface area contributed by atoms with E-state index in [2.05, 4.69) is 4.74 Å². The second-order valence-electron chi connectivity index (χ2n) is 3.81. The number of cyclic esters (lactones) is 1. The molecule has 102 valence electrons. The number of nitrogens with zero attached hydrogens (tertiary/aromatic N) is 1. The molecule has 5 nitrogen and oxygen atoms in total. The summed E-state index contributed by atoms with van der Waals surface area (Å²) < 4.78 is 42.1. The molecule has 1 aromatic carbocycles. The van der Waals surface area contributed by atoms with E-state index < -0.39 is 30.8 Å². The predicted octanol–water partition coefficient (Wildman–Crippen LogP) is 1.71. The summed E-state index contributed by atoms with van der Waals surface area (Å²) in [4.78, 5) is 22.9. The second kappa shape index (κ2) is 4.79. The molecule has 1 aliphatic rings. The standard InChI is InChI=1S/C11H9F3N2O3/c12-11(13,14)8-6-19-10(18)16(8)15-9(17)7-4-2-1-3-5-7/h1-5,8H,6H2,(H,15,17). The van der Waals surface area contributed by atoms with E-state index in [0.29, 0.717) is 0 Å². The number of hydrogen-bond acceptors (Lipinski definition) is 3. The first kappa shape index (κ1) is 13.2. The Hall–Kier alpha value is -2.25. The van der Waals surface area contributed by atoms with E-state index in [-0.39, 0.29) is 10.6 Å². The van der Waals surface area contributed by atoms with Gasteiger partial charge >= 0.3 is 12.3 Å². The summed E-state index contributed by atoms with van der Waals surface area (Å²) in [6.45, 7) is -0.836. The van der Waals surface area contributed by atoms with E-state index in [1.807, 2.05) is 5.43 Å². The Morgan fingerprint density at radius 2 is 1.95 bits per heavy atom. The molecule has 2 amide bonds. The van der Waals surface area contributed by atoms with Gasteiger partial charge in [0.15, 0.2) is 6.04 Å². The van der Waals surface area contributed by atoms with Crippen molar-refractivity contribution >= 4 is 12.0 Å². The lowest BCUT2D eigenvalue weighted by molar-refractivity contribution is -0.174. The maximum Gasteiger partial charge on any atom is 0.429 e. The van der Waals surface area contributed by atoms with Crippen LogP contribution in [0.2, 0.25) is 0 Å². The number of rotatable bonds is 2. The first-order valence-electron chi connectivity index (χ1n) is 5.28. The largest absolute Gasteiger partial charge is 0.446 e. The Morgan fingerprint density at radius 3 is 2.53 bits per heavy atom. The molecule has 8 heteroatoms. The molecule has 0 aliphatic carbocycles. The quantitative estimate of drug-likeness (QED) is 0.893. The van der Waals surface area contributed by atoms with Crippen molar-refractivity contribution in [2.45, 2.75) is 12.2 Å². The summed E-state index contributed by atoms with van der Waals surface area (Å²) >= 11 is 0. The molecule has 19 heavy (non-hydrogen) atoms. The molecule has 1 heterocycles. The number of amides is 2. The Morgan fingerprint density at radius 1 is 1.32 bits per heavy atom. The van der Waals surface area contributed by atoms with Crippen LogP contribution in [0.15, 0.2) is 30.3 Å². The van der Waals surface area contributed by atoms with Crippen LogP contribution in [-0.2, 0) is 4.74 Å². The summed E-state index contributed by atoms with van der Waals surface area (Å²) in [6, 6.07) is 5.42. The average Bonchev–Trinajstić information content (AvgIpc) is 2.72. The average molecular weight is 274 g/mol. The van der Waals surface area contributed by atoms with Gasteiger partial charge in [0.1, 0.15) is 6.61 Å². The van der Waals surface area contributed by atoms with Crippen LogP contribution >= 0.6 is 0 Å². The molecule has 1 aromatic rings. The first-order chi connectivity index (χ1) is 8.89. The van der Waals surface area contributed by atoms with Crippen LogP contribution in [0.5, 0.6) is 0 Å². The van der Waals surface area contributed by atoms with E-state index >= 15 is 0 Å². The van der Waals surface area contributed by atoms with Gasteiger partial charge in [0.25, 0.3) is 5.91 Å². The van der Waals surface area contributed by atoms with Gasteiger partial charge in [-0.2, -0.15) is 13.2 Å². The Labute approximate surface area is 105 Å². The fourth-order valence-corrected chi connectivity index (χ4v) is 1.55. The maximum atomic E-state index is 12.6. The van der Waals surface area contributed by atoms with Crippen LogP contribution in [0.1, 0.15) is 10.4 Å². The Balaban J connectivity index is 2.13. The molecule has 1 saturated heterocycles. The van der Waals surface area contributed by atoms with Crippen LogP contribution in [0.3, 0.4) is 0 Å². The van der Waals surface area contributed by atoms with Crippen LogP contribution in [-0.4, -0.2) is 35.8 Å². The van der Waals surface area contributed by atoms with E-state index in [0.717, 1.165) is 0 Å². The van der Waals surface area contributed by atoms with Crippen molar-refractivity contribution in [2.75, 3.05) is 6.61 Å². The number of halogens is 3. The molecule has 1 unspecified atom stereocenters. The molecule has 1 N–H and O–H groups in total. The summed E-state index contributed by atoms with van der Waals surface area (Å²) in [6.07, 6.45) is -5.90. The molecule has 0 radical (unpaired) electrons. The number of hydrazine groups is 1. The van der Waals surface area contributed by atoms with Gasteiger partial charge in [0, 0.05) is 5.56 Å². The van der Waals surface area contributed by atoms with Crippen molar-refractivity contribution in [3.8, 4) is 0 Å². The van der Waals surface area contributed by atoms with Crippen molar-refractivity contribution in [3.63, 3.8) is 0 Å². The summed E-state index contributed by atoms with van der Waals surface area (Å²) in [7, 11) is 0. The summed E-state index contributed by atoms with van der Waals surface area (Å²) in [5.74, 6) is -0.811. The zero-order valence-corrected chi connectivity index (χ0v) is 9.48. The Bertz CT molecular complexity index is 490. The summed E-state index contributed by atoms with van der Waals surface area (Å²) in [5, 5.41) is 0.162. The smallest absolute Gasteiger partial charge is 0.429 e. The van der Waals surface area contributed by atoms with Gasteiger partial charge in [-0.3, -0.25) is 10.2 Å². The van der Waals surface area contributed by atoms with Gasteiger partial charge in [0.05, 0.1) is 0 Å². The number of benzene rings is 1. The van der Waals surface area contributed by atoms with Crippen LogP contribution < -0.4 is 5.43 Å². The van der Waals surface area contributed by atoms with E-state index in [1.54, 1.807) is 18.2 Å². The van der Waals surface area contributed by atoms with E-state index in [1.165, 1.54) is 12.1 Å². The second-order valence-corrected chi connectivity index (χ2v) is 3.81. The monoisotopic (exact) mass is 274 g/mol. The fraction of sp³-hybridized carbons (Fsp3) is 0.273. The minimum absolute atomic E-state index is 0.142. The van der Waals surface area contributed by atoms with Crippen LogP contribution in [0, 0.1) is 0 Å². The van der Waals surface area contributed by atoms with Gasteiger partial charge in [0.2, 0.25) is 0 Å². The number of hydrogen-bond donors (Lipinski definition) is 1. The third-order valence-corrected chi connectivity index (χ3v) is 2.51. The third-order valence-electron chi connectivity index (χ3n) is 2.51. The molecule has 0 bridgehead atoms. The van der Waals surface area contributed by atoms with Crippen molar-refractivity contribution in [1.29, 1.82) is 0 Å². The molecule has 0 spiro atoms. The first-order valence-corrected chi connectivity index (χ1v) is 5.28. The molecule has 1 aliphatic heterocycles. The predicted molar refractivity (Wildman–Crippen MR) is 56.9 cm³/mol. The summed E-state index contributed by atoms with van der Waals surface area (Å²) in [5.41, 5.74) is 2.04. The highest BCUT2D eigenvalue weighted by Crippen LogP contribution is 2.28. The fourth-order valence-electron chi connectivity index (χ4n) is 1.55. The topological polar surface area (TPSA) is 58.6 Å². The van der Waals surface area contributed by atoms with Crippen molar-refractivity contribution in [1.82, 2.24) is 10.4 Å². The minimum atomic E-state index is -4.67. The molecular formula is C11H9F3N2O3. The molecule has 2 rings (SSSR count). The number of nitrogens with one attached hydrogen (secondary N) is 1. The number of carbonyl (C=O) groups is 2. The van der Waals surface area contributed by atoms with Gasteiger partial charge in [-0.1, -0.05) is 18.2 Å². The van der Waals surface area contributed by atoms with Crippen LogP contribution in [0.25, 0.3) is 0 Å². The number of ether oxygens (including phenoxy) is 1. The highest BCUT2D eigenvalue weighted by molar-refractivity contribution is 5.95. The zero-order valence-electron chi connectivity index (χ0n) is 9.48. The number of carbonyl (C=O) groups excluding carboxylic acids is 2. The van der Waals surface area contributed by atoms with Gasteiger partial charge < -0.3 is 4.74 Å². The normalized spacial score (nSPS) is 19.2. The lowest BCUT2D eigenvalue weighted by atomic mass is 10.2. The van der Waals surface area contributed by atoms with E-state index in [9.17, 15) is 22.8 Å². The Kier molecular flexibility index (Phi) is 3.32. The molecule has 0 saturated carbocycles. The number of alkyl halides is 3. The van der Waals surface area contributed by atoms with E-state index in [4.69, 9.17) is 0 Å². The van der Waals surface area contributed by atoms with Crippen molar-refractivity contribution in [2.24, 2.45) is 0 Å². The van der Waals surface area contributed by atoms with Gasteiger partial charge in [-0.25, -0.2) is 9.80 Å². The van der Waals surface area contributed by atoms with Gasteiger partial charge in [-0.05, 0) is 12.1 Å².